The van der Waals surface area contributed by atoms with E-state index in [9.17, 15) is 9.18 Å². The van der Waals surface area contributed by atoms with E-state index in [1.54, 1.807) is 0 Å². The zero-order valence-corrected chi connectivity index (χ0v) is 18.7. The Hall–Kier alpha value is -2.03. The summed E-state index contributed by atoms with van der Waals surface area (Å²) < 4.78 is 22.1. The molecule has 7 nitrogen and oxygen atoms in total. The fourth-order valence-corrected chi connectivity index (χ4v) is 5.42. The standard InChI is InChI=1S/C23H27ClFN5O2/c24-18-3-4-19-17(9-18)10-28(12-23(25)13-32-14-23)11-20-26-27-21(30(19)20)15-5-7-29(8-6-15)22(31)16-1-2-16/h3-4,9,15-16H,1-2,5-8,10-14H2. The molecule has 9 heteroatoms. The van der Waals surface area contributed by atoms with Gasteiger partial charge in [-0.25, -0.2) is 4.39 Å². The van der Waals surface area contributed by atoms with Gasteiger partial charge in [0.15, 0.2) is 11.5 Å². The average Bonchev–Trinajstić information content (AvgIpc) is 3.55. The van der Waals surface area contributed by atoms with Gasteiger partial charge in [0.05, 0.1) is 25.4 Å². The van der Waals surface area contributed by atoms with E-state index in [1.807, 2.05) is 23.1 Å². The molecule has 1 saturated carbocycles. The maximum absolute atomic E-state index is 14.8. The van der Waals surface area contributed by atoms with Crippen LogP contribution in [0.25, 0.3) is 5.69 Å². The normalized spacial score (nSPS) is 23.2. The van der Waals surface area contributed by atoms with Crippen molar-refractivity contribution in [3.63, 3.8) is 0 Å². The van der Waals surface area contributed by atoms with Gasteiger partial charge >= 0.3 is 0 Å². The molecule has 3 fully saturated rings. The summed E-state index contributed by atoms with van der Waals surface area (Å²) in [5, 5.41) is 9.79. The number of piperidine rings is 1. The summed E-state index contributed by atoms with van der Waals surface area (Å²) in [5.41, 5.74) is 0.751. The molecule has 170 valence electrons. The second kappa shape index (κ2) is 7.78. The SMILES string of the molecule is O=C(C1CC1)N1CCC(c2nnc3n2-c2ccc(Cl)cc2CN(CC2(F)COC2)C3)CC1. The molecular weight excluding hydrogens is 433 g/mol. The van der Waals surface area contributed by atoms with Crippen molar-refractivity contribution in [3.05, 3.63) is 40.4 Å². The van der Waals surface area contributed by atoms with Gasteiger partial charge < -0.3 is 9.64 Å². The first-order chi connectivity index (χ1) is 15.5. The molecular formula is C23H27ClFN5O2. The lowest BCUT2D eigenvalue weighted by Gasteiger charge is -2.37. The highest BCUT2D eigenvalue weighted by atomic mass is 35.5. The van der Waals surface area contributed by atoms with Crippen molar-refractivity contribution < 1.29 is 13.9 Å². The van der Waals surface area contributed by atoms with E-state index in [-0.39, 0.29) is 25.0 Å². The number of fused-ring (bicyclic) bond motifs is 3. The third-order valence-electron chi connectivity index (χ3n) is 7.12. The minimum atomic E-state index is -1.31. The Labute approximate surface area is 191 Å². The first-order valence-corrected chi connectivity index (χ1v) is 11.9. The van der Waals surface area contributed by atoms with E-state index in [2.05, 4.69) is 19.7 Å². The van der Waals surface area contributed by atoms with E-state index >= 15 is 0 Å². The van der Waals surface area contributed by atoms with E-state index in [0.29, 0.717) is 30.6 Å². The van der Waals surface area contributed by atoms with Gasteiger partial charge in [0, 0.05) is 43.0 Å². The molecule has 0 atom stereocenters. The Morgan fingerprint density at radius 3 is 2.62 bits per heavy atom. The maximum Gasteiger partial charge on any atom is 0.225 e. The Morgan fingerprint density at radius 1 is 1.16 bits per heavy atom. The first kappa shape index (κ1) is 20.6. The summed E-state index contributed by atoms with van der Waals surface area (Å²) in [6.07, 6.45) is 3.85. The number of likely N-dealkylation sites (tertiary alicyclic amines) is 1. The summed E-state index contributed by atoms with van der Waals surface area (Å²) in [6.45, 7) is 3.23. The number of carbonyl (C=O) groups is 1. The number of alkyl halides is 1. The Kier molecular flexibility index (Phi) is 5.00. The number of nitrogens with zero attached hydrogens (tertiary/aromatic N) is 5. The first-order valence-electron chi connectivity index (χ1n) is 11.5. The van der Waals surface area contributed by atoms with Crippen LogP contribution in [-0.4, -0.2) is 69.0 Å². The number of aromatic nitrogens is 3. The number of ether oxygens (including phenoxy) is 1. The summed E-state index contributed by atoms with van der Waals surface area (Å²) in [4.78, 5) is 16.5. The molecule has 0 N–H and O–H groups in total. The van der Waals surface area contributed by atoms with Gasteiger partial charge in [-0.3, -0.25) is 14.3 Å². The minimum absolute atomic E-state index is 0.141. The number of hydrogen-bond donors (Lipinski definition) is 0. The molecule has 0 unspecified atom stereocenters. The van der Waals surface area contributed by atoms with Gasteiger partial charge in [-0.05, 0) is 49.4 Å². The molecule has 0 bridgehead atoms. The quantitative estimate of drug-likeness (QED) is 0.703. The Morgan fingerprint density at radius 2 is 1.94 bits per heavy atom. The van der Waals surface area contributed by atoms with Crippen LogP contribution < -0.4 is 0 Å². The van der Waals surface area contributed by atoms with Gasteiger partial charge in [0.2, 0.25) is 5.91 Å². The van der Waals surface area contributed by atoms with Crippen molar-refractivity contribution in [1.82, 2.24) is 24.6 Å². The fraction of sp³-hybridized carbons (Fsp3) is 0.609. The highest BCUT2D eigenvalue weighted by Crippen LogP contribution is 2.36. The zero-order chi connectivity index (χ0) is 21.9. The monoisotopic (exact) mass is 459 g/mol. The molecule has 0 spiro atoms. The molecule has 1 amide bonds. The number of rotatable bonds is 4. The van der Waals surface area contributed by atoms with Gasteiger partial charge in [-0.2, -0.15) is 0 Å². The van der Waals surface area contributed by atoms with Crippen LogP contribution in [0.15, 0.2) is 18.2 Å². The number of halogens is 2. The maximum atomic E-state index is 14.8. The van der Waals surface area contributed by atoms with Gasteiger partial charge in [-0.15, -0.1) is 10.2 Å². The summed E-state index contributed by atoms with van der Waals surface area (Å²) >= 11 is 6.32. The van der Waals surface area contributed by atoms with Crippen LogP contribution in [0.4, 0.5) is 4.39 Å². The summed E-state index contributed by atoms with van der Waals surface area (Å²) in [6, 6.07) is 5.86. The number of amides is 1. The molecule has 1 aromatic heterocycles. The van der Waals surface area contributed by atoms with E-state index < -0.39 is 5.67 Å². The van der Waals surface area contributed by atoms with Crippen molar-refractivity contribution in [3.8, 4) is 5.69 Å². The molecule has 32 heavy (non-hydrogen) atoms. The van der Waals surface area contributed by atoms with Gasteiger partial charge in [0.25, 0.3) is 0 Å². The summed E-state index contributed by atoms with van der Waals surface area (Å²) in [5.74, 6) is 2.58. The third kappa shape index (κ3) is 3.72. The van der Waals surface area contributed by atoms with Crippen LogP contribution in [0.1, 0.15) is 48.8 Å². The molecule has 3 aliphatic heterocycles. The van der Waals surface area contributed by atoms with Crippen LogP contribution in [0, 0.1) is 5.92 Å². The molecule has 1 aromatic carbocycles. The molecule has 4 heterocycles. The molecule has 0 radical (unpaired) electrons. The largest absolute Gasteiger partial charge is 0.375 e. The fourth-order valence-electron chi connectivity index (χ4n) is 5.23. The minimum Gasteiger partial charge on any atom is -0.375 e. The van der Waals surface area contributed by atoms with Gasteiger partial charge in [-0.1, -0.05) is 11.6 Å². The van der Waals surface area contributed by atoms with Crippen molar-refractivity contribution in [1.29, 1.82) is 0 Å². The van der Waals surface area contributed by atoms with Crippen molar-refractivity contribution >= 4 is 17.5 Å². The Bertz CT molecular complexity index is 1040. The lowest BCUT2D eigenvalue weighted by atomic mass is 9.95. The number of carbonyl (C=O) groups excluding carboxylic acids is 1. The van der Waals surface area contributed by atoms with Crippen LogP contribution in [0.3, 0.4) is 0 Å². The number of benzene rings is 1. The topological polar surface area (TPSA) is 63.5 Å². The highest BCUT2D eigenvalue weighted by molar-refractivity contribution is 6.30. The van der Waals surface area contributed by atoms with Crippen LogP contribution in [0.2, 0.25) is 5.02 Å². The van der Waals surface area contributed by atoms with E-state index in [0.717, 1.165) is 61.7 Å². The lowest BCUT2D eigenvalue weighted by Crippen LogP contribution is -2.53. The Balaban J connectivity index is 1.29. The molecule has 1 aliphatic carbocycles. The van der Waals surface area contributed by atoms with Crippen LogP contribution in [0.5, 0.6) is 0 Å². The molecule has 6 rings (SSSR count). The van der Waals surface area contributed by atoms with Crippen molar-refractivity contribution in [2.24, 2.45) is 5.92 Å². The van der Waals surface area contributed by atoms with E-state index in [4.69, 9.17) is 16.3 Å². The molecule has 2 aromatic rings. The number of hydrogen-bond acceptors (Lipinski definition) is 5. The molecule has 4 aliphatic rings. The predicted octanol–water partition coefficient (Wildman–Crippen LogP) is 3.09. The smallest absolute Gasteiger partial charge is 0.225 e. The molecule has 2 saturated heterocycles. The third-order valence-corrected chi connectivity index (χ3v) is 7.36. The highest BCUT2D eigenvalue weighted by Gasteiger charge is 2.42. The average molecular weight is 460 g/mol. The lowest BCUT2D eigenvalue weighted by molar-refractivity contribution is -0.142. The second-order valence-corrected chi connectivity index (χ2v) is 10.2. The zero-order valence-electron chi connectivity index (χ0n) is 18.0. The van der Waals surface area contributed by atoms with Crippen molar-refractivity contribution in [2.45, 2.75) is 50.4 Å². The summed E-state index contributed by atoms with van der Waals surface area (Å²) in [7, 11) is 0. The van der Waals surface area contributed by atoms with Crippen LogP contribution in [-0.2, 0) is 22.6 Å². The van der Waals surface area contributed by atoms with E-state index in [1.165, 1.54) is 0 Å². The van der Waals surface area contributed by atoms with Crippen LogP contribution >= 0.6 is 11.6 Å². The second-order valence-electron chi connectivity index (χ2n) is 9.75. The van der Waals surface area contributed by atoms with Gasteiger partial charge in [0.1, 0.15) is 5.82 Å². The predicted molar refractivity (Wildman–Crippen MR) is 116 cm³/mol. The van der Waals surface area contributed by atoms with Crippen molar-refractivity contribution in [2.75, 3.05) is 32.8 Å².